The molecule has 0 saturated carbocycles. The van der Waals surface area contributed by atoms with Crippen LogP contribution in [0, 0.1) is 5.82 Å². The molecule has 0 amide bonds. The van der Waals surface area contributed by atoms with Crippen LogP contribution in [0.1, 0.15) is 10.4 Å². The average Bonchev–Trinajstić information content (AvgIpc) is 2.91. The summed E-state index contributed by atoms with van der Waals surface area (Å²) in [5.74, 6) is -0.245. The van der Waals surface area contributed by atoms with E-state index in [1.165, 1.54) is 12.1 Å². The first-order chi connectivity index (χ1) is 9.24. The van der Waals surface area contributed by atoms with Gasteiger partial charge in [-0.3, -0.25) is 5.43 Å². The second-order valence-corrected chi connectivity index (χ2v) is 5.08. The van der Waals surface area contributed by atoms with Gasteiger partial charge in [-0.2, -0.15) is 5.10 Å². The van der Waals surface area contributed by atoms with Crippen LogP contribution in [-0.4, -0.2) is 11.3 Å². The van der Waals surface area contributed by atoms with Gasteiger partial charge in [0.1, 0.15) is 5.82 Å². The van der Waals surface area contributed by atoms with Crippen LogP contribution in [0.25, 0.3) is 0 Å². The largest absolute Gasteiger partial charge is 0.357 e. The maximum Gasteiger partial charge on any atom is 0.187 e. The van der Waals surface area contributed by atoms with Gasteiger partial charge in [0.2, 0.25) is 0 Å². The molecule has 6 heteroatoms. The second-order valence-electron chi connectivity index (χ2n) is 3.69. The molecule has 19 heavy (non-hydrogen) atoms. The fourth-order valence-corrected chi connectivity index (χ4v) is 2.05. The number of thiocarbonyl (C=S) groups is 1. The quantitative estimate of drug-likeness (QED) is 0.517. The minimum Gasteiger partial charge on any atom is -0.357 e. The van der Waals surface area contributed by atoms with E-state index >= 15 is 0 Å². The van der Waals surface area contributed by atoms with E-state index in [2.05, 4.69) is 15.8 Å². The zero-order chi connectivity index (χ0) is 13.5. The summed E-state index contributed by atoms with van der Waals surface area (Å²) in [6.07, 6.45) is 1.70. The van der Waals surface area contributed by atoms with Gasteiger partial charge in [0.25, 0.3) is 0 Å². The van der Waals surface area contributed by atoms with Crippen LogP contribution >= 0.6 is 23.6 Å². The number of benzene rings is 1. The highest BCUT2D eigenvalue weighted by Gasteiger charge is 1.96. The van der Waals surface area contributed by atoms with Crippen molar-refractivity contribution in [2.75, 3.05) is 0 Å². The molecule has 98 valence electrons. The van der Waals surface area contributed by atoms with E-state index in [1.807, 2.05) is 17.5 Å². The standard InChI is InChI=1S/C13H12FN3S2/c14-11-5-3-10(4-6-11)8-15-13(18)17-16-9-12-2-1-7-19-12/h1-7,9H,8H2,(H2,15,17,18)/b16-9-. The zero-order valence-electron chi connectivity index (χ0n) is 9.97. The lowest BCUT2D eigenvalue weighted by Crippen LogP contribution is -2.31. The van der Waals surface area contributed by atoms with Crippen LogP contribution in [0.4, 0.5) is 4.39 Å². The Balaban J connectivity index is 1.74. The molecule has 0 saturated heterocycles. The van der Waals surface area contributed by atoms with E-state index in [9.17, 15) is 4.39 Å². The van der Waals surface area contributed by atoms with Crippen LogP contribution in [0.15, 0.2) is 46.9 Å². The van der Waals surface area contributed by atoms with Gasteiger partial charge in [0.15, 0.2) is 5.11 Å². The van der Waals surface area contributed by atoms with Gasteiger partial charge in [-0.25, -0.2) is 4.39 Å². The normalized spacial score (nSPS) is 10.6. The van der Waals surface area contributed by atoms with Gasteiger partial charge in [-0.15, -0.1) is 11.3 Å². The second kappa shape index (κ2) is 6.96. The van der Waals surface area contributed by atoms with Crippen molar-refractivity contribution in [3.05, 3.63) is 58.0 Å². The highest BCUT2D eigenvalue weighted by atomic mass is 32.1. The van der Waals surface area contributed by atoms with E-state index in [4.69, 9.17) is 12.2 Å². The molecule has 0 bridgehead atoms. The van der Waals surface area contributed by atoms with Gasteiger partial charge in [0.05, 0.1) is 6.21 Å². The molecular formula is C13H12FN3S2. The first-order valence-corrected chi connectivity index (χ1v) is 6.88. The third kappa shape index (κ3) is 4.76. The molecule has 0 unspecified atom stereocenters. The number of halogens is 1. The highest BCUT2D eigenvalue weighted by Crippen LogP contribution is 2.04. The number of nitrogens with zero attached hydrogens (tertiary/aromatic N) is 1. The highest BCUT2D eigenvalue weighted by molar-refractivity contribution is 7.80. The molecule has 0 spiro atoms. The summed E-state index contributed by atoms with van der Waals surface area (Å²) in [7, 11) is 0. The Bertz CT molecular complexity index is 550. The third-order valence-electron chi connectivity index (χ3n) is 2.27. The lowest BCUT2D eigenvalue weighted by atomic mass is 10.2. The molecule has 0 radical (unpaired) electrons. The number of hydrogen-bond acceptors (Lipinski definition) is 3. The molecule has 2 aromatic rings. The molecule has 0 fully saturated rings. The van der Waals surface area contributed by atoms with Crippen molar-refractivity contribution in [3.63, 3.8) is 0 Å². The van der Waals surface area contributed by atoms with E-state index in [0.717, 1.165) is 10.4 Å². The van der Waals surface area contributed by atoms with E-state index in [-0.39, 0.29) is 5.82 Å². The van der Waals surface area contributed by atoms with Crippen molar-refractivity contribution in [3.8, 4) is 0 Å². The van der Waals surface area contributed by atoms with Crippen molar-refractivity contribution >= 4 is 34.9 Å². The van der Waals surface area contributed by atoms with Crippen LogP contribution in [0.3, 0.4) is 0 Å². The predicted octanol–water partition coefficient (Wildman–Crippen LogP) is 2.89. The summed E-state index contributed by atoms with van der Waals surface area (Å²) in [6.45, 7) is 0.528. The van der Waals surface area contributed by atoms with Crippen molar-refractivity contribution in [2.24, 2.45) is 5.10 Å². The Morgan fingerprint density at radius 3 is 2.79 bits per heavy atom. The number of hydrogen-bond donors (Lipinski definition) is 2. The molecule has 1 heterocycles. The number of hydrazone groups is 1. The molecule has 2 rings (SSSR count). The minimum absolute atomic E-state index is 0.245. The Morgan fingerprint density at radius 1 is 1.32 bits per heavy atom. The van der Waals surface area contributed by atoms with Crippen molar-refractivity contribution in [1.29, 1.82) is 0 Å². The van der Waals surface area contributed by atoms with Crippen molar-refractivity contribution in [2.45, 2.75) is 6.54 Å². The van der Waals surface area contributed by atoms with Gasteiger partial charge >= 0.3 is 0 Å². The lowest BCUT2D eigenvalue weighted by Gasteiger charge is -2.06. The number of thiophene rings is 1. The molecular weight excluding hydrogens is 281 g/mol. The molecule has 0 aliphatic rings. The molecule has 0 aliphatic heterocycles. The van der Waals surface area contributed by atoms with Crippen LogP contribution in [0.2, 0.25) is 0 Å². The van der Waals surface area contributed by atoms with E-state index in [0.29, 0.717) is 11.7 Å². The fraction of sp³-hybridized carbons (Fsp3) is 0.0769. The number of rotatable bonds is 4. The Morgan fingerprint density at radius 2 is 2.11 bits per heavy atom. The third-order valence-corrected chi connectivity index (χ3v) is 3.31. The van der Waals surface area contributed by atoms with Crippen molar-refractivity contribution in [1.82, 2.24) is 10.7 Å². The smallest absolute Gasteiger partial charge is 0.187 e. The minimum atomic E-state index is -0.245. The lowest BCUT2D eigenvalue weighted by molar-refractivity contribution is 0.626. The van der Waals surface area contributed by atoms with Gasteiger partial charge in [-0.1, -0.05) is 18.2 Å². The van der Waals surface area contributed by atoms with Crippen molar-refractivity contribution < 1.29 is 4.39 Å². The molecule has 1 aromatic heterocycles. The van der Waals surface area contributed by atoms with E-state index < -0.39 is 0 Å². The topological polar surface area (TPSA) is 36.4 Å². The summed E-state index contributed by atoms with van der Waals surface area (Å²) in [4.78, 5) is 1.05. The molecule has 2 N–H and O–H groups in total. The summed E-state index contributed by atoms with van der Waals surface area (Å²) >= 11 is 6.66. The summed E-state index contributed by atoms with van der Waals surface area (Å²) < 4.78 is 12.7. The van der Waals surface area contributed by atoms with Gasteiger partial charge in [-0.05, 0) is 41.4 Å². The van der Waals surface area contributed by atoms with E-state index in [1.54, 1.807) is 29.7 Å². The average molecular weight is 293 g/mol. The maximum atomic E-state index is 12.7. The van der Waals surface area contributed by atoms with Gasteiger partial charge in [0, 0.05) is 11.4 Å². The monoisotopic (exact) mass is 293 g/mol. The molecule has 3 nitrogen and oxygen atoms in total. The first-order valence-electron chi connectivity index (χ1n) is 5.59. The summed E-state index contributed by atoms with van der Waals surface area (Å²) in [5, 5.41) is 9.40. The Kier molecular flexibility index (Phi) is 5.00. The Hall–Kier alpha value is -1.79. The van der Waals surface area contributed by atoms with Gasteiger partial charge < -0.3 is 5.32 Å². The fourth-order valence-electron chi connectivity index (χ4n) is 1.34. The number of nitrogens with one attached hydrogen (secondary N) is 2. The SMILES string of the molecule is Fc1ccc(CNC(=S)N/N=C\c2cccs2)cc1. The van der Waals surface area contributed by atoms with Crippen LogP contribution in [-0.2, 0) is 6.54 Å². The van der Waals surface area contributed by atoms with Crippen LogP contribution < -0.4 is 10.7 Å². The first kappa shape index (κ1) is 13.6. The zero-order valence-corrected chi connectivity index (χ0v) is 11.6. The summed E-state index contributed by atoms with van der Waals surface area (Å²) in [5.41, 5.74) is 3.68. The predicted molar refractivity (Wildman–Crippen MR) is 80.9 cm³/mol. The summed E-state index contributed by atoms with van der Waals surface area (Å²) in [6, 6.07) is 10.2. The molecule has 0 aliphatic carbocycles. The van der Waals surface area contributed by atoms with Crippen LogP contribution in [0.5, 0.6) is 0 Å². The molecule has 0 atom stereocenters. The maximum absolute atomic E-state index is 12.7. The molecule has 1 aromatic carbocycles. The Labute approximate surface area is 120 Å².